The summed E-state index contributed by atoms with van der Waals surface area (Å²) in [5.74, 6) is 1.22. The molecular formula is C19H24N4O. The first-order valence-electron chi connectivity index (χ1n) is 8.76. The average Bonchev–Trinajstić information content (AvgIpc) is 3.29. The Kier molecular flexibility index (Phi) is 3.79. The zero-order valence-electron chi connectivity index (χ0n) is 14.3. The van der Waals surface area contributed by atoms with Crippen molar-refractivity contribution in [3.05, 3.63) is 48.3 Å². The molecule has 0 N–H and O–H groups in total. The second-order valence-corrected chi connectivity index (χ2v) is 7.25. The van der Waals surface area contributed by atoms with Crippen molar-refractivity contribution >= 4 is 11.6 Å². The Morgan fingerprint density at radius 3 is 2.29 bits per heavy atom. The molecule has 2 saturated heterocycles. The van der Waals surface area contributed by atoms with Crippen LogP contribution in [0.3, 0.4) is 0 Å². The minimum atomic E-state index is 0.0788. The largest absolute Gasteiger partial charge is 0.371 e. The fraction of sp³-hybridized carbons (Fsp3) is 0.474. The maximum Gasteiger partial charge on any atom is 0.274 e. The Hall–Kier alpha value is -2.30. The van der Waals surface area contributed by atoms with Crippen LogP contribution in [0.25, 0.3) is 0 Å². The number of para-hydroxylation sites is 1. The molecule has 5 nitrogen and oxygen atoms in total. The normalized spacial score (nSPS) is 23.1. The lowest BCUT2D eigenvalue weighted by molar-refractivity contribution is 0.0775. The molecule has 3 heterocycles. The summed E-state index contributed by atoms with van der Waals surface area (Å²) in [4.78, 5) is 17.1. The molecule has 2 aromatic rings. The summed E-state index contributed by atoms with van der Waals surface area (Å²) in [5, 5.41) is 4.43. The summed E-state index contributed by atoms with van der Waals surface area (Å²) in [6, 6.07) is 12.7. The highest BCUT2D eigenvalue weighted by Crippen LogP contribution is 2.34. The molecule has 126 valence electrons. The summed E-state index contributed by atoms with van der Waals surface area (Å²) < 4.78 is 1.85. The van der Waals surface area contributed by atoms with Gasteiger partial charge in [-0.15, -0.1) is 0 Å². The lowest BCUT2D eigenvalue weighted by Crippen LogP contribution is -2.33. The smallest absolute Gasteiger partial charge is 0.274 e. The summed E-state index contributed by atoms with van der Waals surface area (Å²) in [5.41, 5.74) is 1.86. The fourth-order valence-electron chi connectivity index (χ4n) is 3.91. The van der Waals surface area contributed by atoms with Crippen LogP contribution in [0, 0.1) is 11.8 Å². The number of hydrogen-bond acceptors (Lipinski definition) is 3. The first kappa shape index (κ1) is 15.2. The minimum Gasteiger partial charge on any atom is -0.371 e. The third-order valence-corrected chi connectivity index (χ3v) is 5.25. The molecular weight excluding hydrogens is 300 g/mol. The van der Waals surface area contributed by atoms with Gasteiger partial charge in [-0.2, -0.15) is 5.10 Å². The average molecular weight is 324 g/mol. The Labute approximate surface area is 142 Å². The van der Waals surface area contributed by atoms with Gasteiger partial charge >= 0.3 is 0 Å². The third-order valence-electron chi connectivity index (χ3n) is 5.25. The molecule has 1 aromatic carbocycles. The Morgan fingerprint density at radius 2 is 1.71 bits per heavy atom. The van der Waals surface area contributed by atoms with Crippen LogP contribution in [0.2, 0.25) is 0 Å². The minimum absolute atomic E-state index is 0.0788. The van der Waals surface area contributed by atoms with Crippen LogP contribution >= 0.6 is 0 Å². The molecule has 0 radical (unpaired) electrons. The van der Waals surface area contributed by atoms with Gasteiger partial charge in [0, 0.05) is 55.9 Å². The molecule has 2 aliphatic heterocycles. The maximum absolute atomic E-state index is 12.7. The van der Waals surface area contributed by atoms with Gasteiger partial charge in [-0.25, -0.2) is 0 Å². The number of hydrogen-bond donors (Lipinski definition) is 0. The van der Waals surface area contributed by atoms with Gasteiger partial charge in [0.2, 0.25) is 0 Å². The van der Waals surface area contributed by atoms with Crippen LogP contribution in [0.15, 0.2) is 42.6 Å². The molecule has 1 amide bonds. The SMILES string of the molecule is CC(C)n1ccc(C(=O)N2C[C@@H]3CN(c4ccccc4)C[C@@H]3C2)n1. The third kappa shape index (κ3) is 2.68. The second-order valence-electron chi connectivity index (χ2n) is 7.25. The molecule has 4 rings (SSSR count). The van der Waals surface area contributed by atoms with Gasteiger partial charge in [0.25, 0.3) is 5.91 Å². The predicted molar refractivity (Wildman–Crippen MR) is 94.2 cm³/mol. The molecule has 0 unspecified atom stereocenters. The maximum atomic E-state index is 12.7. The summed E-state index contributed by atoms with van der Waals surface area (Å²) in [6.45, 7) is 7.92. The van der Waals surface area contributed by atoms with Gasteiger partial charge in [0.05, 0.1) is 0 Å². The molecule has 24 heavy (non-hydrogen) atoms. The highest BCUT2D eigenvalue weighted by Gasteiger charge is 2.42. The van der Waals surface area contributed by atoms with E-state index in [0.29, 0.717) is 17.5 Å². The van der Waals surface area contributed by atoms with E-state index >= 15 is 0 Å². The topological polar surface area (TPSA) is 41.4 Å². The van der Waals surface area contributed by atoms with Gasteiger partial charge in [-0.05, 0) is 32.0 Å². The van der Waals surface area contributed by atoms with Crippen LogP contribution < -0.4 is 4.90 Å². The number of aromatic nitrogens is 2. The first-order valence-corrected chi connectivity index (χ1v) is 8.76. The highest BCUT2D eigenvalue weighted by molar-refractivity contribution is 5.92. The molecule has 0 aliphatic carbocycles. The van der Waals surface area contributed by atoms with E-state index in [1.807, 2.05) is 21.8 Å². The number of carbonyl (C=O) groups excluding carboxylic acids is 1. The molecule has 0 spiro atoms. The number of nitrogens with zero attached hydrogens (tertiary/aromatic N) is 4. The first-order chi connectivity index (χ1) is 11.6. The Bertz CT molecular complexity index is 710. The number of anilines is 1. The lowest BCUT2D eigenvalue weighted by Gasteiger charge is -2.22. The van der Waals surface area contributed by atoms with E-state index in [1.54, 1.807) is 0 Å². The molecule has 0 bridgehead atoms. The van der Waals surface area contributed by atoms with Crippen molar-refractivity contribution in [3.63, 3.8) is 0 Å². The summed E-state index contributed by atoms with van der Waals surface area (Å²) in [6.07, 6.45) is 1.89. The number of benzene rings is 1. The summed E-state index contributed by atoms with van der Waals surface area (Å²) in [7, 11) is 0. The van der Waals surface area contributed by atoms with Gasteiger partial charge < -0.3 is 9.80 Å². The van der Waals surface area contributed by atoms with Gasteiger partial charge in [-0.1, -0.05) is 18.2 Å². The molecule has 0 saturated carbocycles. The van der Waals surface area contributed by atoms with Crippen LogP contribution in [-0.4, -0.2) is 46.8 Å². The van der Waals surface area contributed by atoms with Gasteiger partial charge in [0.1, 0.15) is 5.69 Å². The molecule has 1 aromatic heterocycles. The van der Waals surface area contributed by atoms with Gasteiger partial charge in [0.15, 0.2) is 0 Å². The van der Waals surface area contributed by atoms with E-state index in [-0.39, 0.29) is 11.9 Å². The predicted octanol–water partition coefficient (Wildman–Crippen LogP) is 2.67. The second kappa shape index (κ2) is 5.96. The van der Waals surface area contributed by atoms with E-state index in [9.17, 15) is 4.79 Å². The molecule has 2 fully saturated rings. The van der Waals surface area contributed by atoms with Crippen LogP contribution in [-0.2, 0) is 0 Å². The van der Waals surface area contributed by atoms with Crippen LogP contribution in [0.4, 0.5) is 5.69 Å². The Balaban J connectivity index is 1.41. The van der Waals surface area contributed by atoms with Crippen molar-refractivity contribution in [1.82, 2.24) is 14.7 Å². The van der Waals surface area contributed by atoms with Crippen molar-refractivity contribution < 1.29 is 4.79 Å². The van der Waals surface area contributed by atoms with Gasteiger partial charge in [-0.3, -0.25) is 9.48 Å². The number of fused-ring (bicyclic) bond motifs is 1. The molecule has 2 aliphatic rings. The lowest BCUT2D eigenvalue weighted by atomic mass is 10.0. The number of carbonyl (C=O) groups is 1. The van der Waals surface area contributed by atoms with Crippen molar-refractivity contribution in [2.75, 3.05) is 31.1 Å². The van der Waals surface area contributed by atoms with E-state index in [4.69, 9.17) is 0 Å². The summed E-state index contributed by atoms with van der Waals surface area (Å²) >= 11 is 0. The van der Waals surface area contributed by atoms with Crippen LogP contribution in [0.1, 0.15) is 30.4 Å². The van der Waals surface area contributed by atoms with Crippen molar-refractivity contribution in [2.45, 2.75) is 19.9 Å². The van der Waals surface area contributed by atoms with Crippen molar-refractivity contribution in [1.29, 1.82) is 0 Å². The zero-order chi connectivity index (χ0) is 16.7. The molecule has 5 heteroatoms. The number of rotatable bonds is 3. The van der Waals surface area contributed by atoms with E-state index in [1.165, 1.54) is 5.69 Å². The fourth-order valence-corrected chi connectivity index (χ4v) is 3.91. The van der Waals surface area contributed by atoms with E-state index in [2.05, 4.69) is 54.2 Å². The van der Waals surface area contributed by atoms with E-state index in [0.717, 1.165) is 26.2 Å². The Morgan fingerprint density at radius 1 is 1.04 bits per heavy atom. The van der Waals surface area contributed by atoms with Crippen molar-refractivity contribution in [2.24, 2.45) is 11.8 Å². The zero-order valence-corrected chi connectivity index (χ0v) is 14.3. The highest BCUT2D eigenvalue weighted by atomic mass is 16.2. The molecule has 2 atom stereocenters. The monoisotopic (exact) mass is 324 g/mol. The number of likely N-dealkylation sites (tertiary alicyclic amines) is 1. The van der Waals surface area contributed by atoms with Crippen LogP contribution in [0.5, 0.6) is 0 Å². The van der Waals surface area contributed by atoms with Crippen molar-refractivity contribution in [3.8, 4) is 0 Å². The quantitative estimate of drug-likeness (QED) is 0.872. The van der Waals surface area contributed by atoms with E-state index < -0.39 is 0 Å². The standard InChI is InChI=1S/C19H24N4O/c1-14(2)23-9-8-18(20-23)19(24)22-12-15-10-21(11-16(15)13-22)17-6-4-3-5-7-17/h3-9,14-16H,10-13H2,1-2H3/t15-,16+. The number of amides is 1.